The fourth-order valence-corrected chi connectivity index (χ4v) is 3.24. The minimum absolute atomic E-state index is 0.0400. The fourth-order valence-electron chi connectivity index (χ4n) is 1.92. The van der Waals surface area contributed by atoms with Gasteiger partial charge in [0.25, 0.3) is 0 Å². The van der Waals surface area contributed by atoms with Gasteiger partial charge in [-0.25, -0.2) is 13.1 Å². The summed E-state index contributed by atoms with van der Waals surface area (Å²) in [6.07, 6.45) is 1.14. The van der Waals surface area contributed by atoms with E-state index in [-0.39, 0.29) is 17.5 Å². The third-order valence-corrected chi connectivity index (χ3v) is 4.48. The van der Waals surface area contributed by atoms with Crippen LogP contribution in [0, 0.1) is 0 Å². The molecule has 0 saturated heterocycles. The molecule has 0 amide bonds. The summed E-state index contributed by atoms with van der Waals surface area (Å²) in [5.41, 5.74) is 0.924. The molecule has 0 aliphatic carbocycles. The first kappa shape index (κ1) is 13.3. The quantitative estimate of drug-likeness (QED) is 0.825. The molecule has 0 spiro atoms. The average Bonchev–Trinajstić information content (AvgIpc) is 2.75. The Bertz CT molecular complexity index is 527. The van der Waals surface area contributed by atoms with Crippen LogP contribution in [0.1, 0.15) is 18.9 Å². The number of sulfonamides is 1. The Morgan fingerprint density at radius 1 is 1.50 bits per heavy atom. The molecule has 18 heavy (non-hydrogen) atoms. The highest BCUT2D eigenvalue weighted by molar-refractivity contribution is 7.89. The lowest BCUT2D eigenvalue weighted by Gasteiger charge is -2.13. The van der Waals surface area contributed by atoms with E-state index in [9.17, 15) is 8.42 Å². The molecule has 6 heteroatoms. The Morgan fingerprint density at radius 3 is 3.00 bits per heavy atom. The molecular formula is C12H17NO4S. The number of aliphatic hydroxyl groups excluding tert-OH is 1. The molecule has 0 bridgehead atoms. The van der Waals surface area contributed by atoms with Crippen molar-refractivity contribution in [2.75, 3.05) is 13.2 Å². The molecule has 1 unspecified atom stereocenters. The highest BCUT2D eigenvalue weighted by Gasteiger charge is 2.20. The fraction of sp³-hybridized carbons (Fsp3) is 0.500. The lowest BCUT2D eigenvalue weighted by molar-refractivity contribution is 0.275. The van der Waals surface area contributed by atoms with Gasteiger partial charge < -0.3 is 9.84 Å². The van der Waals surface area contributed by atoms with Crippen molar-refractivity contribution in [3.63, 3.8) is 0 Å². The zero-order valence-electron chi connectivity index (χ0n) is 10.2. The smallest absolute Gasteiger partial charge is 0.240 e. The lowest BCUT2D eigenvalue weighted by atomic mass is 10.2. The van der Waals surface area contributed by atoms with Crippen LogP contribution in [0.4, 0.5) is 0 Å². The summed E-state index contributed by atoms with van der Waals surface area (Å²) in [4.78, 5) is 0.247. The van der Waals surface area contributed by atoms with Crippen LogP contribution in [0.2, 0.25) is 0 Å². The molecule has 1 atom stereocenters. The van der Waals surface area contributed by atoms with Crippen molar-refractivity contribution < 1.29 is 18.3 Å². The zero-order valence-corrected chi connectivity index (χ0v) is 11.0. The Balaban J connectivity index is 2.19. The minimum atomic E-state index is -3.52. The van der Waals surface area contributed by atoms with Crippen LogP contribution in [-0.4, -0.2) is 32.8 Å². The lowest BCUT2D eigenvalue weighted by Crippen LogP contribution is -2.33. The van der Waals surface area contributed by atoms with Gasteiger partial charge in [-0.2, -0.15) is 0 Å². The van der Waals surface area contributed by atoms with Gasteiger partial charge in [0, 0.05) is 19.1 Å². The summed E-state index contributed by atoms with van der Waals surface area (Å²) in [5, 5.41) is 8.78. The largest absolute Gasteiger partial charge is 0.493 e. The van der Waals surface area contributed by atoms with Crippen LogP contribution < -0.4 is 9.46 Å². The molecule has 0 fully saturated rings. The van der Waals surface area contributed by atoms with E-state index in [1.807, 2.05) is 0 Å². The third kappa shape index (κ3) is 2.82. The third-order valence-electron chi connectivity index (χ3n) is 2.89. The molecule has 2 rings (SSSR count). The summed E-state index contributed by atoms with van der Waals surface area (Å²) in [6.45, 7) is 2.29. The Kier molecular flexibility index (Phi) is 3.89. The second kappa shape index (κ2) is 5.26. The van der Waals surface area contributed by atoms with Gasteiger partial charge in [0.2, 0.25) is 10.0 Å². The van der Waals surface area contributed by atoms with Gasteiger partial charge in [-0.1, -0.05) is 0 Å². The first-order chi connectivity index (χ1) is 8.53. The summed E-state index contributed by atoms with van der Waals surface area (Å²) < 4.78 is 32.0. The second-order valence-corrected chi connectivity index (χ2v) is 6.12. The average molecular weight is 271 g/mol. The van der Waals surface area contributed by atoms with Crippen molar-refractivity contribution in [2.45, 2.75) is 30.7 Å². The predicted molar refractivity (Wildman–Crippen MR) is 67.1 cm³/mol. The van der Waals surface area contributed by atoms with Crippen LogP contribution in [0.3, 0.4) is 0 Å². The monoisotopic (exact) mass is 271 g/mol. The summed E-state index contributed by atoms with van der Waals surface area (Å²) in [6, 6.07) is 4.59. The van der Waals surface area contributed by atoms with Crippen molar-refractivity contribution in [1.82, 2.24) is 4.72 Å². The van der Waals surface area contributed by atoms with E-state index < -0.39 is 10.0 Å². The summed E-state index contributed by atoms with van der Waals surface area (Å²) >= 11 is 0. The van der Waals surface area contributed by atoms with Crippen LogP contribution in [0.5, 0.6) is 5.75 Å². The Morgan fingerprint density at radius 2 is 2.28 bits per heavy atom. The maximum Gasteiger partial charge on any atom is 0.240 e. The molecule has 0 saturated carbocycles. The maximum absolute atomic E-state index is 12.1. The van der Waals surface area contributed by atoms with Crippen LogP contribution in [0.25, 0.3) is 0 Å². The van der Waals surface area contributed by atoms with Crippen molar-refractivity contribution in [3.05, 3.63) is 23.8 Å². The highest BCUT2D eigenvalue weighted by atomic mass is 32.2. The summed E-state index contributed by atoms with van der Waals surface area (Å²) in [5.74, 6) is 0.761. The van der Waals surface area contributed by atoms with Gasteiger partial charge in [-0.15, -0.1) is 0 Å². The molecule has 0 aromatic heterocycles. The van der Waals surface area contributed by atoms with Crippen molar-refractivity contribution in [1.29, 1.82) is 0 Å². The number of fused-ring (bicyclic) bond motifs is 1. The predicted octanol–water partition coefficient (Wildman–Crippen LogP) is 0.671. The zero-order chi connectivity index (χ0) is 13.2. The van der Waals surface area contributed by atoms with E-state index in [1.54, 1.807) is 19.1 Å². The number of hydrogen-bond donors (Lipinski definition) is 2. The van der Waals surface area contributed by atoms with Crippen LogP contribution >= 0.6 is 0 Å². The van der Waals surface area contributed by atoms with Gasteiger partial charge in [0.05, 0.1) is 11.5 Å². The molecule has 0 radical (unpaired) electrons. The number of nitrogens with one attached hydrogen (secondary N) is 1. The number of benzene rings is 1. The first-order valence-corrected chi connectivity index (χ1v) is 7.40. The number of hydrogen-bond acceptors (Lipinski definition) is 4. The minimum Gasteiger partial charge on any atom is -0.493 e. The molecular weight excluding hydrogens is 254 g/mol. The van der Waals surface area contributed by atoms with Crippen LogP contribution in [-0.2, 0) is 16.4 Å². The van der Waals surface area contributed by atoms with E-state index in [2.05, 4.69) is 4.72 Å². The molecule has 1 aromatic carbocycles. The second-order valence-electron chi connectivity index (χ2n) is 4.40. The SMILES string of the molecule is CC(CCO)NS(=O)(=O)c1ccc2c(c1)CCO2. The van der Waals surface area contributed by atoms with Gasteiger partial charge in [0.15, 0.2) is 0 Å². The standard InChI is InChI=1S/C12H17NO4S/c1-9(4-6-14)13-18(15,16)11-2-3-12-10(8-11)5-7-17-12/h2-3,8-9,13-14H,4-7H2,1H3. The highest BCUT2D eigenvalue weighted by Crippen LogP contribution is 2.27. The Hall–Kier alpha value is -1.11. The number of rotatable bonds is 5. The maximum atomic E-state index is 12.1. The van der Waals surface area contributed by atoms with E-state index >= 15 is 0 Å². The first-order valence-electron chi connectivity index (χ1n) is 5.92. The summed E-state index contributed by atoms with van der Waals surface area (Å²) in [7, 11) is -3.52. The molecule has 1 heterocycles. The van der Waals surface area contributed by atoms with E-state index in [1.165, 1.54) is 6.07 Å². The van der Waals surface area contributed by atoms with E-state index in [0.717, 1.165) is 17.7 Å². The molecule has 2 N–H and O–H groups in total. The van der Waals surface area contributed by atoms with Crippen LogP contribution in [0.15, 0.2) is 23.1 Å². The van der Waals surface area contributed by atoms with Gasteiger partial charge in [-0.3, -0.25) is 0 Å². The van der Waals surface area contributed by atoms with E-state index in [0.29, 0.717) is 13.0 Å². The molecule has 100 valence electrons. The topological polar surface area (TPSA) is 75.6 Å². The number of aliphatic hydroxyl groups is 1. The molecule has 1 aliphatic rings. The molecule has 1 aliphatic heterocycles. The van der Waals surface area contributed by atoms with Gasteiger partial charge in [0.1, 0.15) is 5.75 Å². The van der Waals surface area contributed by atoms with Gasteiger partial charge in [-0.05, 0) is 37.1 Å². The van der Waals surface area contributed by atoms with Crippen molar-refractivity contribution >= 4 is 10.0 Å². The van der Waals surface area contributed by atoms with Gasteiger partial charge >= 0.3 is 0 Å². The van der Waals surface area contributed by atoms with Crippen molar-refractivity contribution in [2.24, 2.45) is 0 Å². The number of ether oxygens (including phenoxy) is 1. The Labute approximate surface area is 107 Å². The van der Waals surface area contributed by atoms with Crippen molar-refractivity contribution in [3.8, 4) is 5.75 Å². The normalized spacial score (nSPS) is 16.1. The molecule has 5 nitrogen and oxygen atoms in total. The van der Waals surface area contributed by atoms with E-state index in [4.69, 9.17) is 9.84 Å². The molecule has 1 aromatic rings.